The summed E-state index contributed by atoms with van der Waals surface area (Å²) in [6.45, 7) is 4.51. The Morgan fingerprint density at radius 2 is 0.860 bits per heavy atom. The van der Waals surface area contributed by atoms with Gasteiger partial charge in [0, 0.05) is 6.42 Å². The molecule has 0 rings (SSSR count). The lowest BCUT2D eigenvalue weighted by molar-refractivity contribution is -0.122. The normalized spacial score (nSPS) is 13.8. The second-order valence-corrected chi connectivity index (χ2v) is 15.7. The van der Waals surface area contributed by atoms with Crippen molar-refractivity contribution in [1.82, 2.24) is 5.32 Å². The topological polar surface area (TPSA) is 104 Å². The first-order chi connectivity index (χ1) is 24.3. The highest BCUT2D eigenvalue weighted by atomic mass is 32.2. The van der Waals surface area contributed by atoms with Crippen molar-refractivity contribution in [3.05, 3.63) is 48.6 Å². The van der Waals surface area contributed by atoms with Crippen molar-refractivity contribution < 1.29 is 22.9 Å². The van der Waals surface area contributed by atoms with Gasteiger partial charge in [0.15, 0.2) is 0 Å². The molecule has 0 aromatic carbocycles. The number of carbonyl (C=O) groups is 1. The van der Waals surface area contributed by atoms with Crippen molar-refractivity contribution in [3.63, 3.8) is 0 Å². The molecule has 0 fully saturated rings. The molecule has 6 nitrogen and oxygen atoms in total. The Balaban J connectivity index is 4.00. The summed E-state index contributed by atoms with van der Waals surface area (Å²) in [5, 5.41) is 13.2. The Morgan fingerprint density at radius 1 is 0.520 bits per heavy atom. The SMILES string of the molecule is CCCCCCC/C=C\CCCCCCCC(=O)NC(CS(=O)(=O)O)C(O)/C=C/CC/C=C/CC/C=C/CCCCCCCCCCCCC. The number of nitrogens with one attached hydrogen (secondary N) is 1. The van der Waals surface area contributed by atoms with Crippen LogP contribution in [0.15, 0.2) is 48.6 Å². The third-order valence-corrected chi connectivity index (χ3v) is 9.99. The van der Waals surface area contributed by atoms with Crippen LogP contribution in [-0.2, 0) is 14.9 Å². The minimum atomic E-state index is -4.36. The van der Waals surface area contributed by atoms with Crippen LogP contribution in [0.1, 0.15) is 200 Å². The van der Waals surface area contributed by atoms with Crippen LogP contribution in [0.25, 0.3) is 0 Å². The van der Waals surface area contributed by atoms with E-state index in [1.807, 2.05) is 0 Å². The molecule has 0 aromatic heterocycles. The maximum absolute atomic E-state index is 12.5. The molecular weight excluding hydrogens is 643 g/mol. The van der Waals surface area contributed by atoms with Gasteiger partial charge in [-0.3, -0.25) is 9.35 Å². The fraction of sp³-hybridized carbons (Fsp3) is 0.791. The molecule has 2 unspecified atom stereocenters. The summed E-state index contributed by atoms with van der Waals surface area (Å²) in [6.07, 6.45) is 49.6. The summed E-state index contributed by atoms with van der Waals surface area (Å²) in [4.78, 5) is 12.5. The molecule has 0 radical (unpaired) electrons. The highest BCUT2D eigenvalue weighted by Crippen LogP contribution is 2.13. The number of allylic oxidation sites excluding steroid dienone is 7. The van der Waals surface area contributed by atoms with E-state index in [1.165, 1.54) is 122 Å². The Kier molecular flexibility index (Phi) is 35.8. The number of amides is 1. The number of aliphatic hydroxyl groups is 1. The predicted octanol–water partition coefficient (Wildman–Crippen LogP) is 12.3. The molecule has 0 spiro atoms. The second kappa shape index (κ2) is 37.1. The van der Waals surface area contributed by atoms with Crippen LogP contribution in [0.4, 0.5) is 0 Å². The summed E-state index contributed by atoms with van der Waals surface area (Å²) in [5.41, 5.74) is 0. The molecule has 0 aliphatic carbocycles. The number of hydrogen-bond acceptors (Lipinski definition) is 4. The Labute approximate surface area is 309 Å². The fourth-order valence-corrected chi connectivity index (χ4v) is 6.80. The lowest BCUT2D eigenvalue weighted by atomic mass is 10.1. The van der Waals surface area contributed by atoms with Crippen LogP contribution in [0.3, 0.4) is 0 Å². The summed E-state index contributed by atoms with van der Waals surface area (Å²) < 4.78 is 32.5. The average molecular weight is 722 g/mol. The van der Waals surface area contributed by atoms with Gasteiger partial charge in [0.1, 0.15) is 0 Å². The summed E-state index contributed by atoms with van der Waals surface area (Å²) in [5.74, 6) is -1.02. The lowest BCUT2D eigenvalue weighted by Crippen LogP contribution is -2.46. The van der Waals surface area contributed by atoms with Crippen LogP contribution < -0.4 is 5.32 Å². The molecule has 0 bridgehead atoms. The lowest BCUT2D eigenvalue weighted by Gasteiger charge is -2.21. The van der Waals surface area contributed by atoms with E-state index in [2.05, 4.69) is 55.6 Å². The molecule has 0 aliphatic heterocycles. The number of aliphatic hydroxyl groups excluding tert-OH is 1. The van der Waals surface area contributed by atoms with Crippen molar-refractivity contribution in [2.45, 2.75) is 212 Å². The molecule has 50 heavy (non-hydrogen) atoms. The molecule has 1 amide bonds. The van der Waals surface area contributed by atoms with Gasteiger partial charge in [0.05, 0.1) is 17.9 Å². The molecule has 292 valence electrons. The van der Waals surface area contributed by atoms with E-state index < -0.39 is 28.0 Å². The smallest absolute Gasteiger partial charge is 0.267 e. The van der Waals surface area contributed by atoms with E-state index in [9.17, 15) is 22.9 Å². The Morgan fingerprint density at radius 3 is 1.26 bits per heavy atom. The summed E-state index contributed by atoms with van der Waals surface area (Å²) in [6, 6.07) is -1.08. The van der Waals surface area contributed by atoms with Crippen LogP contribution in [0.2, 0.25) is 0 Å². The second-order valence-electron chi connectivity index (χ2n) is 14.2. The quantitative estimate of drug-likeness (QED) is 0.0336. The molecule has 7 heteroatoms. The fourth-order valence-electron chi connectivity index (χ4n) is 6.06. The molecule has 0 heterocycles. The monoisotopic (exact) mass is 722 g/mol. The van der Waals surface area contributed by atoms with Gasteiger partial charge in [-0.1, -0.05) is 172 Å². The van der Waals surface area contributed by atoms with E-state index in [-0.39, 0.29) is 12.3 Å². The van der Waals surface area contributed by atoms with Crippen LogP contribution in [-0.4, -0.2) is 41.9 Å². The van der Waals surface area contributed by atoms with Crippen molar-refractivity contribution >= 4 is 16.0 Å². The minimum Gasteiger partial charge on any atom is -0.387 e. The van der Waals surface area contributed by atoms with Crippen LogP contribution in [0, 0.1) is 0 Å². The molecule has 2 atom stereocenters. The van der Waals surface area contributed by atoms with E-state index in [4.69, 9.17) is 0 Å². The molecule has 0 saturated heterocycles. The van der Waals surface area contributed by atoms with Crippen molar-refractivity contribution in [1.29, 1.82) is 0 Å². The van der Waals surface area contributed by atoms with Crippen molar-refractivity contribution in [2.75, 3.05) is 5.75 Å². The van der Waals surface area contributed by atoms with E-state index in [0.29, 0.717) is 12.8 Å². The van der Waals surface area contributed by atoms with E-state index >= 15 is 0 Å². The third kappa shape index (κ3) is 37.6. The maximum atomic E-state index is 12.5. The summed E-state index contributed by atoms with van der Waals surface area (Å²) in [7, 11) is -4.36. The van der Waals surface area contributed by atoms with Crippen LogP contribution in [0.5, 0.6) is 0 Å². The first kappa shape index (κ1) is 48.3. The number of hydrogen-bond donors (Lipinski definition) is 3. The van der Waals surface area contributed by atoms with Gasteiger partial charge in [-0.25, -0.2) is 0 Å². The number of unbranched alkanes of at least 4 members (excludes halogenated alkanes) is 23. The number of carbonyl (C=O) groups excluding carboxylic acids is 1. The average Bonchev–Trinajstić information content (AvgIpc) is 3.08. The molecular formula is C43H79NO5S. The zero-order valence-electron chi connectivity index (χ0n) is 32.5. The molecule has 3 N–H and O–H groups in total. The first-order valence-electron chi connectivity index (χ1n) is 20.8. The first-order valence-corrected chi connectivity index (χ1v) is 22.4. The van der Waals surface area contributed by atoms with E-state index in [0.717, 1.165) is 51.4 Å². The van der Waals surface area contributed by atoms with Gasteiger partial charge in [0.2, 0.25) is 5.91 Å². The Hall–Kier alpha value is -1.70. The Bertz CT molecular complexity index is 972. The number of rotatable bonds is 37. The van der Waals surface area contributed by atoms with Gasteiger partial charge < -0.3 is 10.4 Å². The van der Waals surface area contributed by atoms with Gasteiger partial charge in [0.25, 0.3) is 10.1 Å². The van der Waals surface area contributed by atoms with Gasteiger partial charge in [-0.15, -0.1) is 0 Å². The maximum Gasteiger partial charge on any atom is 0.267 e. The largest absolute Gasteiger partial charge is 0.387 e. The molecule has 0 saturated carbocycles. The predicted molar refractivity (Wildman–Crippen MR) is 216 cm³/mol. The van der Waals surface area contributed by atoms with E-state index in [1.54, 1.807) is 6.08 Å². The van der Waals surface area contributed by atoms with Gasteiger partial charge in [-0.05, 0) is 70.6 Å². The van der Waals surface area contributed by atoms with Crippen molar-refractivity contribution in [3.8, 4) is 0 Å². The molecule has 0 aromatic rings. The zero-order valence-corrected chi connectivity index (χ0v) is 33.3. The van der Waals surface area contributed by atoms with Crippen LogP contribution >= 0.6 is 0 Å². The minimum absolute atomic E-state index is 0.273. The third-order valence-electron chi connectivity index (χ3n) is 9.21. The van der Waals surface area contributed by atoms with Gasteiger partial charge in [-0.2, -0.15) is 8.42 Å². The summed E-state index contributed by atoms with van der Waals surface area (Å²) >= 11 is 0. The highest BCUT2D eigenvalue weighted by Gasteiger charge is 2.24. The van der Waals surface area contributed by atoms with Gasteiger partial charge >= 0.3 is 0 Å². The highest BCUT2D eigenvalue weighted by molar-refractivity contribution is 7.85. The standard InChI is InChI=1S/C43H79NO5S/c1-3-5-7-9-11-13-15-17-19-20-21-22-23-24-25-26-28-30-32-34-36-38-42(45)41(40-50(47,48)49)44-43(46)39-37-35-33-31-29-27-18-16-14-12-10-8-6-4-2/h16,18,23-24,28,30,36,38,41-42,45H,3-15,17,19-22,25-27,29,31-35,37,39-40H2,1-2H3,(H,44,46)(H,47,48,49)/b18-16-,24-23+,30-28+,38-36+. The van der Waals surface area contributed by atoms with Crippen molar-refractivity contribution in [2.24, 2.45) is 0 Å². The molecule has 0 aliphatic rings. The zero-order chi connectivity index (χ0) is 36.8.